The Morgan fingerprint density at radius 1 is 0.926 bits per heavy atom. The van der Waals surface area contributed by atoms with Gasteiger partial charge in [0.15, 0.2) is 22.5 Å². The Labute approximate surface area is 176 Å². The molecule has 0 aromatic carbocycles. The molecule has 1 heterocycles. The number of nitrogens with zero attached hydrogens (tertiary/aromatic N) is 2. The van der Waals surface area contributed by atoms with E-state index in [-0.39, 0.29) is 16.2 Å². The van der Waals surface area contributed by atoms with E-state index in [0.29, 0.717) is 0 Å². The zero-order valence-electron chi connectivity index (χ0n) is 18.7. The molecule has 7 heteroatoms. The molecule has 4 nitrogen and oxygen atoms in total. The van der Waals surface area contributed by atoms with Crippen molar-refractivity contribution in [2.45, 2.75) is 102 Å². The molecular formula is C20H37BrN2O2Si2. The number of hydrogen-bond donors (Lipinski definition) is 0. The predicted octanol–water partition coefficient (Wildman–Crippen LogP) is 6.64. The summed E-state index contributed by atoms with van der Waals surface area (Å²) in [6.07, 6.45) is 5.55. The van der Waals surface area contributed by atoms with E-state index < -0.39 is 22.2 Å². The van der Waals surface area contributed by atoms with Crippen molar-refractivity contribution in [2.75, 3.05) is 0 Å². The summed E-state index contributed by atoms with van der Waals surface area (Å²) in [7, 11) is -3.77. The van der Waals surface area contributed by atoms with Gasteiger partial charge in [-0.3, -0.25) is 0 Å². The summed E-state index contributed by atoms with van der Waals surface area (Å²) in [6.45, 7) is 22.9. The van der Waals surface area contributed by atoms with E-state index in [1.54, 1.807) is 0 Å². The van der Waals surface area contributed by atoms with Crippen LogP contribution in [0.2, 0.25) is 36.3 Å². The highest BCUT2D eigenvalue weighted by Crippen LogP contribution is 2.52. The Hall–Kier alpha value is -0.0862. The molecule has 0 unspecified atom stereocenters. The largest absolute Gasteiger partial charge is 0.414 e. The van der Waals surface area contributed by atoms with Crippen molar-refractivity contribution >= 4 is 32.6 Å². The van der Waals surface area contributed by atoms with Gasteiger partial charge in [0.05, 0.1) is 10.6 Å². The molecule has 1 aromatic heterocycles. The smallest absolute Gasteiger partial charge is 0.193 e. The molecule has 1 fully saturated rings. The first-order chi connectivity index (χ1) is 12.0. The molecule has 1 aliphatic rings. The minimum absolute atomic E-state index is 0.140. The Balaban J connectivity index is 2.26. The highest BCUT2D eigenvalue weighted by Gasteiger charge is 2.56. The van der Waals surface area contributed by atoms with Crippen LogP contribution in [0.5, 0.6) is 0 Å². The summed E-state index contributed by atoms with van der Waals surface area (Å²) in [4.78, 5) is 9.23. The minimum atomic E-state index is -1.97. The fraction of sp³-hybridized carbons (Fsp3) is 0.800. The molecule has 1 aliphatic carbocycles. The van der Waals surface area contributed by atoms with Crippen molar-refractivity contribution in [3.63, 3.8) is 0 Å². The Kier molecular flexibility index (Phi) is 6.28. The average molecular weight is 474 g/mol. The third-order valence-corrected chi connectivity index (χ3v) is 16.1. The van der Waals surface area contributed by atoms with Crippen LogP contribution in [0.1, 0.15) is 60.2 Å². The molecule has 1 aromatic rings. The second kappa shape index (κ2) is 7.31. The van der Waals surface area contributed by atoms with E-state index in [0.717, 1.165) is 23.1 Å². The Bertz CT molecular complexity index is 658. The van der Waals surface area contributed by atoms with Gasteiger partial charge in [0.25, 0.3) is 0 Å². The normalized spacial score (nSPS) is 24.6. The lowest BCUT2D eigenvalue weighted by molar-refractivity contribution is -0.108. The molecule has 0 aliphatic heterocycles. The average Bonchev–Trinajstić information content (AvgIpc) is 2.42. The van der Waals surface area contributed by atoms with Crippen molar-refractivity contribution in [1.82, 2.24) is 9.97 Å². The molecule has 0 amide bonds. The first kappa shape index (κ1) is 23.2. The SMILES string of the molecule is CC(C)(C)[Si](C)(C)O[C@H]1C[C@](O[Si](C)(C)C(C)(C)C)(c2ncc(Br)cn2)C1. The van der Waals surface area contributed by atoms with Crippen LogP contribution in [0.15, 0.2) is 16.9 Å². The van der Waals surface area contributed by atoms with Gasteiger partial charge in [-0.2, -0.15) is 0 Å². The summed E-state index contributed by atoms with van der Waals surface area (Å²) < 4.78 is 14.5. The van der Waals surface area contributed by atoms with Gasteiger partial charge >= 0.3 is 0 Å². The molecule has 0 bridgehead atoms. The molecule has 0 spiro atoms. The maximum atomic E-state index is 6.92. The van der Waals surface area contributed by atoms with E-state index >= 15 is 0 Å². The third kappa shape index (κ3) is 4.91. The predicted molar refractivity (Wildman–Crippen MR) is 121 cm³/mol. The molecular weight excluding hydrogens is 436 g/mol. The Morgan fingerprint density at radius 3 is 1.78 bits per heavy atom. The first-order valence-electron chi connectivity index (χ1n) is 9.85. The summed E-state index contributed by atoms with van der Waals surface area (Å²) in [5.74, 6) is 0.797. The molecule has 0 N–H and O–H groups in total. The molecule has 0 atom stereocenters. The zero-order valence-corrected chi connectivity index (χ0v) is 22.3. The molecule has 0 radical (unpaired) electrons. The van der Waals surface area contributed by atoms with Crippen LogP contribution in [0.4, 0.5) is 0 Å². The van der Waals surface area contributed by atoms with E-state index in [2.05, 4.69) is 93.6 Å². The van der Waals surface area contributed by atoms with Gasteiger partial charge in [-0.05, 0) is 52.2 Å². The molecule has 2 rings (SSSR count). The van der Waals surface area contributed by atoms with E-state index in [1.807, 2.05) is 12.4 Å². The number of halogens is 1. The van der Waals surface area contributed by atoms with E-state index in [4.69, 9.17) is 8.85 Å². The first-order valence-corrected chi connectivity index (χ1v) is 16.5. The number of hydrogen-bond acceptors (Lipinski definition) is 4. The second-order valence-electron chi connectivity index (χ2n) is 11.0. The molecule has 1 saturated carbocycles. The van der Waals surface area contributed by atoms with Gasteiger partial charge in [0.2, 0.25) is 0 Å². The van der Waals surface area contributed by atoms with Crippen LogP contribution >= 0.6 is 15.9 Å². The van der Waals surface area contributed by atoms with Crippen molar-refractivity contribution in [3.05, 3.63) is 22.7 Å². The minimum Gasteiger partial charge on any atom is -0.414 e. The van der Waals surface area contributed by atoms with Crippen molar-refractivity contribution in [1.29, 1.82) is 0 Å². The third-order valence-electron chi connectivity index (χ3n) is 6.67. The highest BCUT2D eigenvalue weighted by atomic mass is 79.9. The van der Waals surface area contributed by atoms with Gasteiger partial charge in [-0.15, -0.1) is 0 Å². The molecule has 154 valence electrons. The lowest BCUT2D eigenvalue weighted by atomic mass is 9.77. The second-order valence-corrected chi connectivity index (χ2v) is 21.4. The standard InChI is InChI=1S/C20H37BrN2O2Si2/c1-18(2,3)26(7,8)24-16-11-20(12-16,17-22-13-15(21)14-23-17)25-27(9,10)19(4,5)6/h13-14,16H,11-12H2,1-10H3/t16-,20+. The zero-order chi connectivity index (χ0) is 20.9. The van der Waals surface area contributed by atoms with E-state index in [9.17, 15) is 0 Å². The monoisotopic (exact) mass is 472 g/mol. The maximum absolute atomic E-state index is 6.92. The van der Waals surface area contributed by atoms with Gasteiger partial charge in [-0.1, -0.05) is 41.5 Å². The van der Waals surface area contributed by atoms with Gasteiger partial charge < -0.3 is 8.85 Å². The summed E-state index contributed by atoms with van der Waals surface area (Å²) in [5, 5.41) is 0.348. The molecule has 0 saturated heterocycles. The van der Waals surface area contributed by atoms with Gasteiger partial charge in [0, 0.05) is 25.2 Å². The summed E-state index contributed by atoms with van der Waals surface area (Å²) in [5.41, 5.74) is -0.420. The fourth-order valence-electron chi connectivity index (χ4n) is 2.85. The Morgan fingerprint density at radius 2 is 1.37 bits per heavy atom. The van der Waals surface area contributed by atoms with Crippen molar-refractivity contribution < 1.29 is 8.85 Å². The molecule has 27 heavy (non-hydrogen) atoms. The van der Waals surface area contributed by atoms with E-state index in [1.165, 1.54) is 0 Å². The quantitative estimate of drug-likeness (QED) is 0.450. The summed E-state index contributed by atoms with van der Waals surface area (Å²) in [6, 6.07) is 0. The van der Waals surface area contributed by atoms with Crippen molar-refractivity contribution in [3.8, 4) is 0 Å². The van der Waals surface area contributed by atoms with Crippen LogP contribution in [0.3, 0.4) is 0 Å². The number of rotatable bonds is 5. The van der Waals surface area contributed by atoms with Crippen LogP contribution < -0.4 is 0 Å². The van der Waals surface area contributed by atoms with Gasteiger partial charge in [0.1, 0.15) is 5.60 Å². The van der Waals surface area contributed by atoms with Crippen molar-refractivity contribution in [2.24, 2.45) is 0 Å². The lowest BCUT2D eigenvalue weighted by Crippen LogP contribution is -2.59. The maximum Gasteiger partial charge on any atom is 0.193 e. The highest BCUT2D eigenvalue weighted by molar-refractivity contribution is 9.10. The van der Waals surface area contributed by atoms with Gasteiger partial charge in [-0.25, -0.2) is 9.97 Å². The lowest BCUT2D eigenvalue weighted by Gasteiger charge is -2.54. The number of aromatic nitrogens is 2. The summed E-state index contributed by atoms with van der Waals surface area (Å²) >= 11 is 3.44. The van der Waals surface area contributed by atoms with Crippen LogP contribution in [-0.4, -0.2) is 32.7 Å². The van der Waals surface area contributed by atoms with Crippen LogP contribution in [0, 0.1) is 0 Å². The van der Waals surface area contributed by atoms with Crippen LogP contribution in [0.25, 0.3) is 0 Å². The fourth-order valence-corrected chi connectivity index (χ4v) is 5.95. The van der Waals surface area contributed by atoms with Crippen LogP contribution in [-0.2, 0) is 14.5 Å². The topological polar surface area (TPSA) is 44.2 Å².